The van der Waals surface area contributed by atoms with Gasteiger partial charge in [0.15, 0.2) is 16.3 Å². The van der Waals surface area contributed by atoms with E-state index >= 15 is 0 Å². The molecule has 38 heavy (non-hydrogen) atoms. The smallest absolute Gasteiger partial charge is 0.338 e. The maximum Gasteiger partial charge on any atom is 0.338 e. The highest BCUT2D eigenvalue weighted by Gasteiger charge is 2.33. The van der Waals surface area contributed by atoms with E-state index in [1.807, 2.05) is 31.2 Å². The zero-order valence-corrected chi connectivity index (χ0v) is 22.8. The van der Waals surface area contributed by atoms with Gasteiger partial charge in [0, 0.05) is 0 Å². The molecule has 2 heterocycles. The summed E-state index contributed by atoms with van der Waals surface area (Å²) in [4.78, 5) is 31.6. The number of phenolic OH excluding ortho intramolecular Hbond substituents is 1. The SMILES string of the molecule is CCCCCOc1ccc(C2C(C(=O)OC)=C(C)N=c3sc(=Cc4ccc(O)c(OCC)c4)c(=O)n32)cc1. The molecule has 1 N–H and O–H groups in total. The molecule has 3 aromatic rings. The second kappa shape index (κ2) is 12.1. The topological polar surface area (TPSA) is 99.4 Å². The summed E-state index contributed by atoms with van der Waals surface area (Å²) in [5.74, 6) is 0.564. The van der Waals surface area contributed by atoms with Crippen molar-refractivity contribution < 1.29 is 24.1 Å². The van der Waals surface area contributed by atoms with Gasteiger partial charge in [0.1, 0.15) is 5.75 Å². The lowest BCUT2D eigenvalue weighted by Gasteiger charge is -2.24. The van der Waals surface area contributed by atoms with Crippen molar-refractivity contribution in [1.29, 1.82) is 0 Å². The van der Waals surface area contributed by atoms with Crippen LogP contribution in [0.1, 0.15) is 57.2 Å². The number of allylic oxidation sites excluding steroid dienone is 1. The lowest BCUT2D eigenvalue weighted by molar-refractivity contribution is -0.136. The van der Waals surface area contributed by atoms with Crippen LogP contribution < -0.4 is 24.4 Å². The normalized spacial score (nSPS) is 15.2. The highest BCUT2D eigenvalue weighted by Crippen LogP contribution is 2.32. The van der Waals surface area contributed by atoms with Crippen LogP contribution in [0.4, 0.5) is 0 Å². The molecule has 200 valence electrons. The van der Waals surface area contributed by atoms with Crippen LogP contribution >= 0.6 is 11.3 Å². The van der Waals surface area contributed by atoms with Gasteiger partial charge in [-0.3, -0.25) is 9.36 Å². The predicted octanol–water partition coefficient (Wildman–Crippen LogP) is 4.08. The molecule has 0 saturated heterocycles. The highest BCUT2D eigenvalue weighted by atomic mass is 32.1. The number of benzene rings is 2. The Bertz CT molecular complexity index is 1520. The molecule has 0 saturated carbocycles. The number of hydrogen-bond acceptors (Lipinski definition) is 8. The summed E-state index contributed by atoms with van der Waals surface area (Å²) in [5.41, 5.74) is 1.97. The van der Waals surface area contributed by atoms with Crippen LogP contribution in [0, 0.1) is 0 Å². The number of nitrogens with zero attached hydrogens (tertiary/aromatic N) is 2. The first-order valence-electron chi connectivity index (χ1n) is 12.7. The largest absolute Gasteiger partial charge is 0.504 e. The third-order valence-corrected chi connectivity index (χ3v) is 7.20. The molecule has 0 amide bonds. The van der Waals surface area contributed by atoms with E-state index in [1.165, 1.54) is 29.1 Å². The van der Waals surface area contributed by atoms with E-state index in [0.29, 0.717) is 45.1 Å². The Balaban J connectivity index is 1.79. The number of aromatic hydroxyl groups is 1. The Labute approximate surface area is 225 Å². The maximum absolute atomic E-state index is 13.7. The fraction of sp³-hybridized carbons (Fsp3) is 0.345. The van der Waals surface area contributed by atoms with E-state index in [4.69, 9.17) is 14.2 Å². The average Bonchev–Trinajstić information content (AvgIpc) is 3.22. The van der Waals surface area contributed by atoms with Crippen molar-refractivity contribution in [3.8, 4) is 17.2 Å². The number of unbranched alkanes of at least 4 members (excludes halogenated alkanes) is 2. The number of hydrogen-bond donors (Lipinski definition) is 1. The first-order valence-corrected chi connectivity index (χ1v) is 13.5. The van der Waals surface area contributed by atoms with Crippen molar-refractivity contribution in [2.75, 3.05) is 20.3 Å². The number of ether oxygens (including phenoxy) is 3. The highest BCUT2D eigenvalue weighted by molar-refractivity contribution is 7.07. The maximum atomic E-state index is 13.7. The van der Waals surface area contributed by atoms with Gasteiger partial charge < -0.3 is 19.3 Å². The van der Waals surface area contributed by atoms with E-state index in [1.54, 1.807) is 25.1 Å². The number of esters is 1. The third kappa shape index (κ3) is 5.67. The molecule has 0 aliphatic carbocycles. The molecule has 4 rings (SSSR count). The number of aromatic nitrogens is 1. The van der Waals surface area contributed by atoms with E-state index < -0.39 is 12.0 Å². The summed E-state index contributed by atoms with van der Waals surface area (Å²) in [6.45, 7) is 6.76. The minimum Gasteiger partial charge on any atom is -0.504 e. The molecule has 1 atom stereocenters. The predicted molar refractivity (Wildman–Crippen MR) is 147 cm³/mol. The summed E-state index contributed by atoms with van der Waals surface area (Å²) in [5, 5.41) is 10.0. The van der Waals surface area contributed by atoms with Crippen LogP contribution in [0.2, 0.25) is 0 Å². The average molecular weight is 537 g/mol. The fourth-order valence-electron chi connectivity index (χ4n) is 4.34. The third-order valence-electron chi connectivity index (χ3n) is 6.22. The number of phenols is 1. The zero-order chi connectivity index (χ0) is 27.2. The van der Waals surface area contributed by atoms with Gasteiger partial charge in [-0.25, -0.2) is 9.79 Å². The van der Waals surface area contributed by atoms with Gasteiger partial charge in [-0.15, -0.1) is 0 Å². The summed E-state index contributed by atoms with van der Waals surface area (Å²) in [7, 11) is 1.32. The van der Waals surface area contributed by atoms with Gasteiger partial charge >= 0.3 is 5.97 Å². The van der Waals surface area contributed by atoms with Crippen molar-refractivity contribution in [2.24, 2.45) is 4.99 Å². The van der Waals surface area contributed by atoms with Crippen molar-refractivity contribution in [1.82, 2.24) is 4.57 Å². The Morgan fingerprint density at radius 1 is 1.13 bits per heavy atom. The lowest BCUT2D eigenvalue weighted by atomic mass is 9.96. The number of thiazole rings is 1. The molecule has 0 spiro atoms. The van der Waals surface area contributed by atoms with E-state index in [0.717, 1.165) is 30.6 Å². The standard InChI is InChI=1S/C29H32N2O6S/c1-5-7-8-15-37-21-12-10-20(11-13-21)26-25(28(34)35-4)18(3)30-29-31(26)27(33)24(38-29)17-19-9-14-22(32)23(16-19)36-6-2/h9-14,16-17,26,32H,5-8,15H2,1-4H3. The van der Waals surface area contributed by atoms with Crippen LogP contribution in [-0.4, -0.2) is 36.0 Å². The Morgan fingerprint density at radius 2 is 1.89 bits per heavy atom. The van der Waals surface area contributed by atoms with Gasteiger partial charge in [-0.2, -0.15) is 0 Å². The number of rotatable bonds is 10. The second-order valence-corrected chi connectivity index (χ2v) is 9.87. The van der Waals surface area contributed by atoms with E-state index in [9.17, 15) is 14.7 Å². The molecule has 0 fully saturated rings. The molecule has 1 aromatic heterocycles. The summed E-state index contributed by atoms with van der Waals surface area (Å²) < 4.78 is 18.4. The van der Waals surface area contributed by atoms with Gasteiger partial charge in [0.25, 0.3) is 5.56 Å². The van der Waals surface area contributed by atoms with Gasteiger partial charge in [0.05, 0.1) is 42.2 Å². The first-order chi connectivity index (χ1) is 18.4. The van der Waals surface area contributed by atoms with Gasteiger partial charge in [-0.05, 0) is 61.7 Å². The van der Waals surface area contributed by atoms with Crippen LogP contribution in [0.3, 0.4) is 0 Å². The molecule has 9 heteroatoms. The number of carbonyl (C=O) groups excluding carboxylic acids is 1. The van der Waals surface area contributed by atoms with Crippen LogP contribution in [0.25, 0.3) is 6.08 Å². The van der Waals surface area contributed by atoms with Crippen molar-refractivity contribution in [3.05, 3.63) is 84.5 Å². The van der Waals surface area contributed by atoms with Crippen LogP contribution in [0.5, 0.6) is 17.2 Å². The summed E-state index contributed by atoms with van der Waals surface area (Å²) >= 11 is 1.24. The van der Waals surface area contributed by atoms with Crippen molar-refractivity contribution in [2.45, 2.75) is 46.1 Å². The Hall–Kier alpha value is -3.85. The Morgan fingerprint density at radius 3 is 2.58 bits per heavy atom. The van der Waals surface area contributed by atoms with Crippen LogP contribution in [0.15, 0.2) is 63.5 Å². The van der Waals surface area contributed by atoms with Gasteiger partial charge in [-0.1, -0.05) is 49.3 Å². The molecule has 1 aliphatic heterocycles. The molecule has 0 radical (unpaired) electrons. The zero-order valence-electron chi connectivity index (χ0n) is 22.0. The van der Waals surface area contributed by atoms with E-state index in [2.05, 4.69) is 11.9 Å². The molecule has 1 aliphatic rings. The second-order valence-electron chi connectivity index (χ2n) is 8.86. The lowest BCUT2D eigenvalue weighted by Crippen LogP contribution is -2.39. The molecular formula is C29H32N2O6S. The molecule has 1 unspecified atom stereocenters. The molecular weight excluding hydrogens is 504 g/mol. The fourth-order valence-corrected chi connectivity index (χ4v) is 5.39. The number of methoxy groups -OCH3 is 1. The summed E-state index contributed by atoms with van der Waals surface area (Å²) in [6.07, 6.45) is 4.94. The Kier molecular flexibility index (Phi) is 8.68. The molecule has 2 aromatic carbocycles. The number of carbonyl (C=O) groups is 1. The summed E-state index contributed by atoms with van der Waals surface area (Å²) in [6, 6.07) is 11.7. The van der Waals surface area contributed by atoms with Crippen LogP contribution in [-0.2, 0) is 9.53 Å². The van der Waals surface area contributed by atoms with E-state index in [-0.39, 0.29) is 11.3 Å². The van der Waals surface area contributed by atoms with Crippen molar-refractivity contribution >= 4 is 23.4 Å². The molecule has 8 nitrogen and oxygen atoms in total. The minimum atomic E-state index is -0.700. The minimum absolute atomic E-state index is 0.0293. The molecule has 0 bridgehead atoms. The van der Waals surface area contributed by atoms with Crippen molar-refractivity contribution in [3.63, 3.8) is 0 Å². The first kappa shape index (κ1) is 27.2. The monoisotopic (exact) mass is 536 g/mol. The number of fused-ring (bicyclic) bond motifs is 1. The quantitative estimate of drug-likeness (QED) is 0.310. The van der Waals surface area contributed by atoms with Gasteiger partial charge in [0.2, 0.25) is 0 Å².